The van der Waals surface area contributed by atoms with Crippen molar-refractivity contribution < 1.29 is 18.0 Å². The molecule has 0 unspecified atom stereocenters. The fourth-order valence-electron chi connectivity index (χ4n) is 3.52. The molecule has 0 aliphatic carbocycles. The molecule has 0 aromatic carbocycles. The Morgan fingerprint density at radius 1 is 1.05 bits per heavy atom. The maximum absolute atomic E-state index is 12.4. The van der Waals surface area contributed by atoms with Gasteiger partial charge in [-0.05, 0) is 31.4 Å². The Morgan fingerprint density at radius 2 is 1.68 bits per heavy atom. The standard InChI is InChI=1S/C15H20F3N3O/c16-15(17,18)11-21-10-5-13(14(21)22)20-8-3-12(4-9-20)19-6-1-2-7-19/h1-2,6-7,12-13H,3-5,8-11H2/t13-/m0/s1. The van der Waals surface area contributed by atoms with Crippen LogP contribution in [0.1, 0.15) is 25.3 Å². The van der Waals surface area contributed by atoms with Crippen LogP contribution in [0.2, 0.25) is 0 Å². The summed E-state index contributed by atoms with van der Waals surface area (Å²) in [6.07, 6.45) is 2.11. The number of nitrogens with zero attached hydrogens (tertiary/aromatic N) is 3. The molecule has 2 fully saturated rings. The van der Waals surface area contributed by atoms with Gasteiger partial charge in [-0.2, -0.15) is 13.2 Å². The quantitative estimate of drug-likeness (QED) is 0.856. The van der Waals surface area contributed by atoms with Gasteiger partial charge in [0.05, 0.1) is 6.04 Å². The second kappa shape index (κ2) is 5.95. The number of rotatable bonds is 3. The summed E-state index contributed by atoms with van der Waals surface area (Å²) >= 11 is 0. The fraction of sp³-hybridized carbons (Fsp3) is 0.667. The molecule has 2 aliphatic heterocycles. The fourth-order valence-corrected chi connectivity index (χ4v) is 3.52. The van der Waals surface area contributed by atoms with Crippen molar-refractivity contribution >= 4 is 5.91 Å². The Labute approximate surface area is 127 Å². The Bertz CT molecular complexity index is 507. The van der Waals surface area contributed by atoms with E-state index in [-0.39, 0.29) is 18.5 Å². The predicted octanol–water partition coefficient (Wildman–Crippen LogP) is 2.29. The average Bonchev–Trinajstić information content (AvgIpc) is 3.09. The molecule has 3 heterocycles. The highest BCUT2D eigenvalue weighted by atomic mass is 19.4. The van der Waals surface area contributed by atoms with Crippen molar-refractivity contribution in [3.63, 3.8) is 0 Å². The summed E-state index contributed by atoms with van der Waals surface area (Å²) in [5.41, 5.74) is 0. The van der Waals surface area contributed by atoms with E-state index in [2.05, 4.69) is 9.47 Å². The third-order valence-corrected chi connectivity index (χ3v) is 4.63. The van der Waals surface area contributed by atoms with Gasteiger partial charge in [0.2, 0.25) is 5.91 Å². The molecule has 0 spiro atoms. The Morgan fingerprint density at radius 3 is 2.27 bits per heavy atom. The normalized spacial score (nSPS) is 25.1. The molecular formula is C15H20F3N3O. The molecule has 7 heteroatoms. The molecule has 1 atom stereocenters. The van der Waals surface area contributed by atoms with E-state index in [1.165, 1.54) is 0 Å². The molecule has 122 valence electrons. The molecule has 1 amide bonds. The number of piperidine rings is 1. The number of hydrogen-bond donors (Lipinski definition) is 0. The van der Waals surface area contributed by atoms with Gasteiger partial charge in [0, 0.05) is 38.1 Å². The van der Waals surface area contributed by atoms with Crippen LogP contribution >= 0.6 is 0 Å². The van der Waals surface area contributed by atoms with E-state index in [1.807, 2.05) is 24.5 Å². The first-order chi connectivity index (χ1) is 10.4. The van der Waals surface area contributed by atoms with Crippen molar-refractivity contribution in [1.29, 1.82) is 0 Å². The van der Waals surface area contributed by atoms with E-state index < -0.39 is 12.7 Å². The number of hydrogen-bond acceptors (Lipinski definition) is 2. The lowest BCUT2D eigenvalue weighted by atomic mass is 10.0. The largest absolute Gasteiger partial charge is 0.406 e. The molecule has 3 rings (SSSR count). The first-order valence-corrected chi connectivity index (χ1v) is 7.66. The van der Waals surface area contributed by atoms with Gasteiger partial charge in [0.1, 0.15) is 6.54 Å². The highest BCUT2D eigenvalue weighted by Crippen LogP contribution is 2.28. The van der Waals surface area contributed by atoms with Gasteiger partial charge in [-0.25, -0.2) is 0 Å². The van der Waals surface area contributed by atoms with Crippen LogP contribution in [0.3, 0.4) is 0 Å². The molecule has 2 aliphatic rings. The van der Waals surface area contributed by atoms with Gasteiger partial charge in [0.15, 0.2) is 0 Å². The van der Waals surface area contributed by atoms with Crippen molar-refractivity contribution in [2.75, 3.05) is 26.2 Å². The summed E-state index contributed by atoms with van der Waals surface area (Å²) in [5, 5.41) is 0. The van der Waals surface area contributed by atoms with Crippen LogP contribution in [0.25, 0.3) is 0 Å². The van der Waals surface area contributed by atoms with Crippen molar-refractivity contribution in [1.82, 2.24) is 14.4 Å². The zero-order valence-electron chi connectivity index (χ0n) is 12.3. The first-order valence-electron chi connectivity index (χ1n) is 7.66. The van der Waals surface area contributed by atoms with Crippen molar-refractivity contribution in [3.05, 3.63) is 24.5 Å². The number of alkyl halides is 3. The molecular weight excluding hydrogens is 295 g/mol. The van der Waals surface area contributed by atoms with Crippen LogP contribution in [0.15, 0.2) is 24.5 Å². The first kappa shape index (κ1) is 15.4. The topological polar surface area (TPSA) is 28.5 Å². The lowest BCUT2D eigenvalue weighted by Gasteiger charge is -2.35. The summed E-state index contributed by atoms with van der Waals surface area (Å²) in [7, 11) is 0. The molecule has 0 bridgehead atoms. The molecule has 1 aromatic rings. The lowest BCUT2D eigenvalue weighted by Crippen LogP contribution is -2.47. The molecule has 4 nitrogen and oxygen atoms in total. The molecule has 1 aromatic heterocycles. The number of amides is 1. The summed E-state index contributed by atoms with van der Waals surface area (Å²) < 4.78 is 39.5. The van der Waals surface area contributed by atoms with E-state index in [9.17, 15) is 18.0 Å². The second-order valence-electron chi connectivity index (χ2n) is 6.08. The summed E-state index contributed by atoms with van der Waals surface area (Å²) in [6, 6.07) is 4.03. The van der Waals surface area contributed by atoms with Crippen LogP contribution in [0, 0.1) is 0 Å². The minimum atomic E-state index is -4.31. The van der Waals surface area contributed by atoms with Crippen molar-refractivity contribution in [2.45, 2.75) is 37.5 Å². The number of aromatic nitrogens is 1. The highest BCUT2D eigenvalue weighted by molar-refractivity contribution is 5.84. The molecule has 0 N–H and O–H groups in total. The van der Waals surface area contributed by atoms with Gasteiger partial charge in [-0.3, -0.25) is 9.69 Å². The van der Waals surface area contributed by atoms with Crippen LogP contribution in [-0.2, 0) is 4.79 Å². The highest BCUT2D eigenvalue weighted by Gasteiger charge is 2.42. The van der Waals surface area contributed by atoms with Crippen LogP contribution in [0.5, 0.6) is 0 Å². The van der Waals surface area contributed by atoms with Crippen LogP contribution < -0.4 is 0 Å². The van der Waals surface area contributed by atoms with Gasteiger partial charge in [-0.1, -0.05) is 0 Å². The van der Waals surface area contributed by atoms with Gasteiger partial charge in [-0.15, -0.1) is 0 Å². The minimum absolute atomic E-state index is 0.209. The lowest BCUT2D eigenvalue weighted by molar-refractivity contribution is -0.159. The summed E-state index contributed by atoms with van der Waals surface area (Å²) in [5.74, 6) is -0.364. The number of carbonyl (C=O) groups is 1. The van der Waals surface area contributed by atoms with E-state index >= 15 is 0 Å². The minimum Gasteiger partial charge on any atom is -0.351 e. The van der Waals surface area contributed by atoms with Crippen LogP contribution in [-0.4, -0.2) is 58.7 Å². The van der Waals surface area contributed by atoms with Crippen molar-refractivity contribution in [2.24, 2.45) is 0 Å². The van der Waals surface area contributed by atoms with Crippen molar-refractivity contribution in [3.8, 4) is 0 Å². The van der Waals surface area contributed by atoms with Gasteiger partial charge >= 0.3 is 6.18 Å². The van der Waals surface area contributed by atoms with E-state index in [1.54, 1.807) is 0 Å². The number of likely N-dealkylation sites (tertiary alicyclic amines) is 2. The zero-order valence-corrected chi connectivity index (χ0v) is 12.3. The van der Waals surface area contributed by atoms with Gasteiger partial charge in [0.25, 0.3) is 0 Å². The average molecular weight is 315 g/mol. The smallest absolute Gasteiger partial charge is 0.351 e. The summed E-state index contributed by atoms with van der Waals surface area (Å²) in [6.45, 7) is 0.612. The van der Waals surface area contributed by atoms with E-state index in [0.717, 1.165) is 30.8 Å². The summed E-state index contributed by atoms with van der Waals surface area (Å²) in [4.78, 5) is 15.2. The third-order valence-electron chi connectivity index (χ3n) is 4.63. The SMILES string of the molecule is O=C1[C@@H](N2CCC(n3cccc3)CC2)CCN1CC(F)(F)F. The maximum atomic E-state index is 12.4. The van der Waals surface area contributed by atoms with E-state index in [4.69, 9.17) is 0 Å². The van der Waals surface area contributed by atoms with E-state index in [0.29, 0.717) is 12.5 Å². The monoisotopic (exact) mass is 315 g/mol. The zero-order chi connectivity index (χ0) is 15.7. The molecule has 0 radical (unpaired) electrons. The molecule has 2 saturated heterocycles. The van der Waals surface area contributed by atoms with Gasteiger partial charge < -0.3 is 9.47 Å². The Hall–Kier alpha value is -1.50. The number of halogens is 3. The third kappa shape index (κ3) is 3.29. The molecule has 0 saturated carbocycles. The predicted molar refractivity (Wildman–Crippen MR) is 75.3 cm³/mol. The Kier molecular flexibility index (Phi) is 4.16. The molecule has 22 heavy (non-hydrogen) atoms. The second-order valence-corrected chi connectivity index (χ2v) is 6.08. The van der Waals surface area contributed by atoms with Crippen LogP contribution in [0.4, 0.5) is 13.2 Å². The Balaban J connectivity index is 1.55. The maximum Gasteiger partial charge on any atom is 0.406 e. The number of carbonyl (C=O) groups excluding carboxylic acids is 1.